The van der Waals surface area contributed by atoms with Crippen LogP contribution in [0.25, 0.3) is 11.3 Å². The molecule has 0 N–H and O–H groups in total. The van der Waals surface area contributed by atoms with Crippen LogP contribution in [0.4, 0.5) is 0 Å². The zero-order valence-corrected chi connectivity index (χ0v) is 9.34. The number of carbonyl (C=O) groups is 1. The van der Waals surface area contributed by atoms with Gasteiger partial charge in [0.05, 0.1) is 18.4 Å². The first-order valence-corrected chi connectivity index (χ1v) is 5.11. The van der Waals surface area contributed by atoms with Gasteiger partial charge in [-0.3, -0.25) is 14.5 Å². The smallest absolute Gasteiger partial charge is 0.151 e. The maximum atomic E-state index is 10.9. The predicted octanol–water partition coefficient (Wildman–Crippen LogP) is 1.84. The monoisotopic (exact) mass is 215 g/mol. The van der Waals surface area contributed by atoms with E-state index in [-0.39, 0.29) is 5.78 Å². The van der Waals surface area contributed by atoms with Crippen LogP contribution >= 0.6 is 0 Å². The summed E-state index contributed by atoms with van der Waals surface area (Å²) in [7, 11) is 0. The minimum absolute atomic E-state index is 0.0897. The van der Waals surface area contributed by atoms with Crippen LogP contribution in [-0.2, 0) is 11.3 Å². The lowest BCUT2D eigenvalue weighted by molar-refractivity contribution is -0.117. The average molecular weight is 215 g/mol. The molecule has 0 aliphatic heterocycles. The second-order valence-electron chi connectivity index (χ2n) is 3.79. The van der Waals surface area contributed by atoms with Crippen LogP contribution in [0, 0.1) is 6.92 Å². The van der Waals surface area contributed by atoms with E-state index in [2.05, 4.69) is 10.1 Å². The Kier molecular flexibility index (Phi) is 2.81. The molecule has 0 amide bonds. The van der Waals surface area contributed by atoms with Crippen molar-refractivity contribution in [1.29, 1.82) is 0 Å². The molecule has 2 heterocycles. The Labute approximate surface area is 93.9 Å². The van der Waals surface area contributed by atoms with Crippen molar-refractivity contribution < 1.29 is 4.79 Å². The molecule has 4 nitrogen and oxygen atoms in total. The van der Waals surface area contributed by atoms with Crippen molar-refractivity contribution in [1.82, 2.24) is 14.8 Å². The fourth-order valence-corrected chi connectivity index (χ4v) is 1.51. The SMILES string of the molecule is CC(=O)Cn1cc(-c2cccc(C)n2)cn1. The number of carbonyl (C=O) groups excluding carboxylic acids is 1. The molecule has 0 spiro atoms. The fourth-order valence-electron chi connectivity index (χ4n) is 1.51. The van der Waals surface area contributed by atoms with Crippen molar-refractivity contribution in [2.45, 2.75) is 20.4 Å². The molecular weight excluding hydrogens is 202 g/mol. The number of hydrogen-bond donors (Lipinski definition) is 0. The molecule has 0 atom stereocenters. The van der Waals surface area contributed by atoms with Gasteiger partial charge in [-0.05, 0) is 26.0 Å². The summed E-state index contributed by atoms with van der Waals surface area (Å²) in [5, 5.41) is 4.12. The number of pyridine rings is 1. The third kappa shape index (κ3) is 2.34. The van der Waals surface area contributed by atoms with Crippen molar-refractivity contribution in [2.75, 3.05) is 0 Å². The molecule has 16 heavy (non-hydrogen) atoms. The fraction of sp³-hybridized carbons (Fsp3) is 0.250. The molecule has 2 aromatic rings. The summed E-state index contributed by atoms with van der Waals surface area (Å²) in [4.78, 5) is 15.3. The maximum absolute atomic E-state index is 10.9. The van der Waals surface area contributed by atoms with Crippen LogP contribution in [0.2, 0.25) is 0 Å². The predicted molar refractivity (Wildman–Crippen MR) is 60.9 cm³/mol. The molecule has 0 saturated heterocycles. The number of nitrogens with zero attached hydrogens (tertiary/aromatic N) is 3. The Morgan fingerprint density at radius 3 is 2.94 bits per heavy atom. The van der Waals surface area contributed by atoms with Crippen LogP contribution < -0.4 is 0 Å². The molecule has 0 radical (unpaired) electrons. The van der Waals surface area contributed by atoms with Crippen LogP contribution in [0.5, 0.6) is 0 Å². The third-order valence-electron chi connectivity index (χ3n) is 2.20. The highest BCUT2D eigenvalue weighted by Gasteiger charge is 2.04. The molecule has 0 bridgehead atoms. The second-order valence-corrected chi connectivity index (χ2v) is 3.79. The normalized spacial score (nSPS) is 10.4. The van der Waals surface area contributed by atoms with E-state index >= 15 is 0 Å². The number of Topliss-reactive ketones (excluding diaryl/α,β-unsaturated/α-hetero) is 1. The van der Waals surface area contributed by atoms with E-state index in [1.54, 1.807) is 17.8 Å². The van der Waals surface area contributed by atoms with Gasteiger partial charge in [0, 0.05) is 17.5 Å². The summed E-state index contributed by atoms with van der Waals surface area (Å²) in [5.41, 5.74) is 2.79. The van der Waals surface area contributed by atoms with Crippen LogP contribution in [0.1, 0.15) is 12.6 Å². The number of ketones is 1. The van der Waals surface area contributed by atoms with Gasteiger partial charge in [-0.25, -0.2) is 0 Å². The maximum Gasteiger partial charge on any atom is 0.151 e. The topological polar surface area (TPSA) is 47.8 Å². The summed E-state index contributed by atoms with van der Waals surface area (Å²) in [6.07, 6.45) is 3.56. The van der Waals surface area contributed by atoms with Crippen molar-refractivity contribution in [2.24, 2.45) is 0 Å². The molecule has 2 aromatic heterocycles. The Morgan fingerprint density at radius 2 is 2.25 bits per heavy atom. The largest absolute Gasteiger partial charge is 0.298 e. The summed E-state index contributed by atoms with van der Waals surface area (Å²) < 4.78 is 1.63. The molecule has 0 unspecified atom stereocenters. The molecule has 0 fully saturated rings. The summed E-state index contributed by atoms with van der Waals surface area (Å²) in [5.74, 6) is 0.0897. The van der Waals surface area contributed by atoms with Gasteiger partial charge >= 0.3 is 0 Å². The summed E-state index contributed by atoms with van der Waals surface area (Å²) in [6.45, 7) is 3.81. The van der Waals surface area contributed by atoms with E-state index in [0.29, 0.717) is 6.54 Å². The second kappa shape index (κ2) is 4.26. The molecule has 0 aliphatic carbocycles. The van der Waals surface area contributed by atoms with Crippen LogP contribution in [-0.4, -0.2) is 20.5 Å². The molecule has 4 heteroatoms. The van der Waals surface area contributed by atoms with Gasteiger partial charge in [0.2, 0.25) is 0 Å². The highest BCUT2D eigenvalue weighted by Crippen LogP contribution is 2.15. The highest BCUT2D eigenvalue weighted by molar-refractivity contribution is 5.75. The van der Waals surface area contributed by atoms with Gasteiger partial charge in [-0.15, -0.1) is 0 Å². The van der Waals surface area contributed by atoms with Gasteiger partial charge < -0.3 is 0 Å². The van der Waals surface area contributed by atoms with Gasteiger partial charge in [-0.1, -0.05) is 6.07 Å². The van der Waals surface area contributed by atoms with E-state index in [1.165, 1.54) is 0 Å². The van der Waals surface area contributed by atoms with E-state index in [9.17, 15) is 4.79 Å². The minimum atomic E-state index is 0.0897. The lowest BCUT2D eigenvalue weighted by atomic mass is 10.2. The first kappa shape index (κ1) is 10.5. The van der Waals surface area contributed by atoms with E-state index in [4.69, 9.17) is 0 Å². The highest BCUT2D eigenvalue weighted by atomic mass is 16.1. The first-order chi connectivity index (χ1) is 7.65. The first-order valence-electron chi connectivity index (χ1n) is 5.11. The molecule has 82 valence electrons. The molecule has 0 saturated carbocycles. The van der Waals surface area contributed by atoms with E-state index < -0.39 is 0 Å². The van der Waals surface area contributed by atoms with Crippen LogP contribution in [0.3, 0.4) is 0 Å². The molecular formula is C12H13N3O. The number of hydrogen-bond acceptors (Lipinski definition) is 3. The zero-order valence-electron chi connectivity index (χ0n) is 9.34. The zero-order chi connectivity index (χ0) is 11.5. The quantitative estimate of drug-likeness (QED) is 0.785. The Morgan fingerprint density at radius 1 is 1.44 bits per heavy atom. The Hall–Kier alpha value is -1.97. The standard InChI is InChI=1S/C12H13N3O/c1-9-4-3-5-12(14-9)11-6-13-15(8-11)7-10(2)16/h3-6,8H,7H2,1-2H3. The lowest BCUT2D eigenvalue weighted by Crippen LogP contribution is -2.05. The van der Waals surface area contributed by atoms with E-state index in [1.807, 2.05) is 31.3 Å². The molecule has 0 aromatic carbocycles. The van der Waals surface area contributed by atoms with Crippen molar-refractivity contribution >= 4 is 5.78 Å². The summed E-state index contributed by atoms with van der Waals surface area (Å²) in [6, 6.07) is 5.84. The Balaban J connectivity index is 2.28. The van der Waals surface area contributed by atoms with E-state index in [0.717, 1.165) is 17.0 Å². The minimum Gasteiger partial charge on any atom is -0.298 e. The molecule has 0 aliphatic rings. The van der Waals surface area contributed by atoms with Gasteiger partial charge in [0.25, 0.3) is 0 Å². The van der Waals surface area contributed by atoms with Crippen molar-refractivity contribution in [3.05, 3.63) is 36.3 Å². The number of aryl methyl sites for hydroxylation is 1. The van der Waals surface area contributed by atoms with Gasteiger partial charge in [0.1, 0.15) is 0 Å². The number of rotatable bonds is 3. The average Bonchev–Trinajstić information content (AvgIpc) is 2.65. The van der Waals surface area contributed by atoms with Gasteiger partial charge in [-0.2, -0.15) is 5.10 Å². The molecule has 2 rings (SSSR count). The number of aromatic nitrogens is 3. The Bertz CT molecular complexity index is 516. The lowest BCUT2D eigenvalue weighted by Gasteiger charge is -1.97. The van der Waals surface area contributed by atoms with Crippen LogP contribution in [0.15, 0.2) is 30.6 Å². The third-order valence-corrected chi connectivity index (χ3v) is 2.20. The summed E-state index contributed by atoms with van der Waals surface area (Å²) >= 11 is 0. The van der Waals surface area contributed by atoms with Gasteiger partial charge in [0.15, 0.2) is 5.78 Å². The van der Waals surface area contributed by atoms with Crippen molar-refractivity contribution in [3.8, 4) is 11.3 Å². The van der Waals surface area contributed by atoms with Crippen molar-refractivity contribution in [3.63, 3.8) is 0 Å².